The Morgan fingerprint density at radius 2 is 2.00 bits per heavy atom. The first kappa shape index (κ1) is 16.1. The summed E-state index contributed by atoms with van der Waals surface area (Å²) in [6.07, 6.45) is 3.04. The summed E-state index contributed by atoms with van der Waals surface area (Å²) in [5.41, 5.74) is 0.681. The fraction of sp³-hybridized carbons (Fsp3) is 0.562. The lowest BCUT2D eigenvalue weighted by atomic mass is 10.0. The molecule has 0 saturated carbocycles. The molecule has 1 aliphatic rings. The number of halogens is 1. The Kier molecular flexibility index (Phi) is 6.33. The Hall–Kier alpha value is -1.26. The van der Waals surface area contributed by atoms with Gasteiger partial charge in [0, 0.05) is 30.6 Å². The van der Waals surface area contributed by atoms with Crippen molar-refractivity contribution in [3.63, 3.8) is 0 Å². The molecule has 0 bridgehead atoms. The summed E-state index contributed by atoms with van der Waals surface area (Å²) in [7, 11) is 1.62. The summed E-state index contributed by atoms with van der Waals surface area (Å²) in [6.45, 7) is 3.12. The van der Waals surface area contributed by atoms with E-state index >= 15 is 0 Å². The second-order valence-corrected chi connectivity index (χ2v) is 5.74. The zero-order chi connectivity index (χ0) is 15.1. The van der Waals surface area contributed by atoms with E-state index in [1.165, 1.54) is 0 Å². The average Bonchev–Trinajstić information content (AvgIpc) is 2.54. The Bertz CT molecular complexity index is 442. The topological polar surface area (TPSA) is 41.6 Å². The van der Waals surface area contributed by atoms with Crippen LogP contribution in [-0.4, -0.2) is 49.5 Å². The van der Waals surface area contributed by atoms with Gasteiger partial charge in [0.05, 0.1) is 7.11 Å². The van der Waals surface area contributed by atoms with Crippen molar-refractivity contribution in [2.24, 2.45) is 0 Å². The summed E-state index contributed by atoms with van der Waals surface area (Å²) < 4.78 is 5.10. The number of carbonyl (C=O) groups excluding carboxylic acids is 1. The molecule has 2 rings (SSSR count). The van der Waals surface area contributed by atoms with Crippen LogP contribution in [0.15, 0.2) is 24.3 Å². The number of amides is 1. The predicted octanol–water partition coefficient (Wildman–Crippen LogP) is 2.52. The van der Waals surface area contributed by atoms with Crippen LogP contribution in [0, 0.1) is 0 Å². The van der Waals surface area contributed by atoms with E-state index in [0.717, 1.165) is 44.6 Å². The summed E-state index contributed by atoms with van der Waals surface area (Å²) in [5, 5.41) is 3.12. The number of rotatable bonds is 6. The normalized spacial score (nSPS) is 16.7. The van der Waals surface area contributed by atoms with Crippen LogP contribution < -0.4 is 10.1 Å². The maximum Gasteiger partial charge on any atom is 0.251 e. The first-order valence-corrected chi connectivity index (χ1v) is 7.99. The smallest absolute Gasteiger partial charge is 0.251 e. The van der Waals surface area contributed by atoms with E-state index in [0.29, 0.717) is 11.4 Å². The number of nitrogens with zero attached hydrogens (tertiary/aromatic N) is 1. The van der Waals surface area contributed by atoms with Crippen LogP contribution in [0.4, 0.5) is 0 Å². The third-order valence-corrected chi connectivity index (χ3v) is 4.15. The molecule has 1 amide bonds. The number of nitrogens with one attached hydrogen (secondary N) is 1. The number of alkyl halides is 1. The van der Waals surface area contributed by atoms with E-state index in [9.17, 15) is 4.79 Å². The van der Waals surface area contributed by atoms with E-state index in [1.807, 2.05) is 12.1 Å². The first-order valence-electron chi connectivity index (χ1n) is 7.46. The Morgan fingerprint density at radius 1 is 1.33 bits per heavy atom. The van der Waals surface area contributed by atoms with Gasteiger partial charge < -0.3 is 15.0 Å². The van der Waals surface area contributed by atoms with Crippen LogP contribution >= 0.6 is 11.6 Å². The van der Waals surface area contributed by atoms with Gasteiger partial charge in [0.15, 0.2) is 0 Å². The van der Waals surface area contributed by atoms with E-state index < -0.39 is 0 Å². The van der Waals surface area contributed by atoms with Crippen LogP contribution in [0.25, 0.3) is 0 Å². The monoisotopic (exact) mass is 310 g/mol. The zero-order valence-corrected chi connectivity index (χ0v) is 13.2. The van der Waals surface area contributed by atoms with Crippen LogP contribution in [0.3, 0.4) is 0 Å². The van der Waals surface area contributed by atoms with Gasteiger partial charge in [-0.1, -0.05) is 0 Å². The van der Waals surface area contributed by atoms with E-state index in [1.54, 1.807) is 19.2 Å². The van der Waals surface area contributed by atoms with Crippen molar-refractivity contribution in [1.29, 1.82) is 0 Å². The van der Waals surface area contributed by atoms with E-state index in [2.05, 4.69) is 10.2 Å². The number of likely N-dealkylation sites (tertiary alicyclic amines) is 1. The van der Waals surface area contributed by atoms with Gasteiger partial charge in [0.2, 0.25) is 0 Å². The van der Waals surface area contributed by atoms with Crippen LogP contribution in [-0.2, 0) is 0 Å². The number of carbonyl (C=O) groups is 1. The lowest BCUT2D eigenvalue weighted by Gasteiger charge is -2.32. The minimum atomic E-state index is -0.00291. The van der Waals surface area contributed by atoms with Crippen molar-refractivity contribution in [3.8, 4) is 5.75 Å². The van der Waals surface area contributed by atoms with E-state index in [-0.39, 0.29) is 11.9 Å². The standard InChI is InChI=1S/C16H23ClN2O2/c1-21-15-5-3-13(4-6-15)16(20)18-14-7-11-19(12-8-14)10-2-9-17/h3-6,14H,2,7-12H2,1H3,(H,18,20). The summed E-state index contributed by atoms with van der Waals surface area (Å²) in [5.74, 6) is 1.48. The largest absolute Gasteiger partial charge is 0.497 e. The van der Waals surface area contributed by atoms with Gasteiger partial charge in [-0.3, -0.25) is 4.79 Å². The second-order valence-electron chi connectivity index (χ2n) is 5.36. The summed E-state index contributed by atoms with van der Waals surface area (Å²) in [6, 6.07) is 7.48. The average molecular weight is 311 g/mol. The van der Waals surface area contributed by atoms with Crippen LogP contribution in [0.2, 0.25) is 0 Å². The molecular weight excluding hydrogens is 288 g/mol. The highest BCUT2D eigenvalue weighted by atomic mass is 35.5. The highest BCUT2D eigenvalue weighted by Gasteiger charge is 2.20. The van der Waals surface area contributed by atoms with Crippen LogP contribution in [0.5, 0.6) is 5.75 Å². The minimum absolute atomic E-state index is 0.00291. The molecule has 1 N–H and O–H groups in total. The number of methoxy groups -OCH3 is 1. The van der Waals surface area contributed by atoms with Gasteiger partial charge in [0.25, 0.3) is 5.91 Å². The molecule has 5 heteroatoms. The van der Waals surface area contributed by atoms with Gasteiger partial charge in [-0.15, -0.1) is 11.6 Å². The van der Waals surface area contributed by atoms with Gasteiger partial charge >= 0.3 is 0 Å². The van der Waals surface area contributed by atoms with Crippen molar-refractivity contribution in [1.82, 2.24) is 10.2 Å². The van der Waals surface area contributed by atoms with E-state index in [4.69, 9.17) is 16.3 Å². The quantitative estimate of drug-likeness (QED) is 0.821. The lowest BCUT2D eigenvalue weighted by molar-refractivity contribution is 0.0911. The molecule has 0 aromatic heterocycles. The lowest BCUT2D eigenvalue weighted by Crippen LogP contribution is -2.44. The third-order valence-electron chi connectivity index (χ3n) is 3.88. The molecule has 21 heavy (non-hydrogen) atoms. The molecule has 4 nitrogen and oxygen atoms in total. The van der Waals surface area contributed by atoms with Gasteiger partial charge in [-0.2, -0.15) is 0 Å². The van der Waals surface area contributed by atoms with Crippen molar-refractivity contribution in [2.45, 2.75) is 25.3 Å². The molecule has 1 aromatic rings. The predicted molar refractivity (Wildman–Crippen MR) is 85.3 cm³/mol. The maximum absolute atomic E-state index is 12.2. The molecule has 0 radical (unpaired) electrons. The molecule has 1 aromatic carbocycles. The van der Waals surface area contributed by atoms with Gasteiger partial charge in [-0.25, -0.2) is 0 Å². The summed E-state index contributed by atoms with van der Waals surface area (Å²) in [4.78, 5) is 14.6. The second kappa shape index (κ2) is 8.25. The van der Waals surface area contributed by atoms with Crippen molar-refractivity contribution >= 4 is 17.5 Å². The molecule has 0 aliphatic carbocycles. The molecule has 1 heterocycles. The molecule has 1 fully saturated rings. The fourth-order valence-corrected chi connectivity index (χ4v) is 2.71. The van der Waals surface area contributed by atoms with Crippen LogP contribution in [0.1, 0.15) is 29.6 Å². The Morgan fingerprint density at radius 3 is 2.57 bits per heavy atom. The fourth-order valence-electron chi connectivity index (χ4n) is 2.60. The van der Waals surface area contributed by atoms with Gasteiger partial charge in [-0.05, 0) is 50.1 Å². The highest BCUT2D eigenvalue weighted by Crippen LogP contribution is 2.14. The van der Waals surface area contributed by atoms with Crippen molar-refractivity contribution in [2.75, 3.05) is 32.6 Å². The van der Waals surface area contributed by atoms with Crippen molar-refractivity contribution in [3.05, 3.63) is 29.8 Å². The molecule has 1 saturated heterocycles. The third kappa shape index (κ3) is 4.90. The zero-order valence-electron chi connectivity index (χ0n) is 12.5. The molecule has 0 unspecified atom stereocenters. The van der Waals surface area contributed by atoms with Gasteiger partial charge in [0.1, 0.15) is 5.75 Å². The maximum atomic E-state index is 12.2. The number of hydrogen-bond acceptors (Lipinski definition) is 3. The minimum Gasteiger partial charge on any atom is -0.497 e. The Balaban J connectivity index is 1.78. The molecule has 116 valence electrons. The first-order chi connectivity index (χ1) is 10.2. The Labute approximate surface area is 131 Å². The number of benzene rings is 1. The number of hydrogen-bond donors (Lipinski definition) is 1. The molecular formula is C16H23ClN2O2. The highest BCUT2D eigenvalue weighted by molar-refractivity contribution is 6.17. The molecule has 0 spiro atoms. The SMILES string of the molecule is COc1ccc(C(=O)NC2CCN(CCCCl)CC2)cc1. The molecule has 0 atom stereocenters. The van der Waals surface area contributed by atoms with Crippen molar-refractivity contribution < 1.29 is 9.53 Å². The molecule has 1 aliphatic heterocycles. The summed E-state index contributed by atoms with van der Waals surface area (Å²) >= 11 is 5.72. The number of piperidine rings is 1. The number of ether oxygens (including phenoxy) is 1.